The predicted octanol–water partition coefficient (Wildman–Crippen LogP) is 3.12. The number of benzene rings is 1. The van der Waals surface area contributed by atoms with Gasteiger partial charge in [-0.3, -0.25) is 4.79 Å². The zero-order chi connectivity index (χ0) is 18.6. The van der Waals surface area contributed by atoms with Crippen molar-refractivity contribution in [3.8, 4) is 17.1 Å². The molecule has 3 aromatic rings. The van der Waals surface area contributed by atoms with Crippen LogP contribution < -0.4 is 10.1 Å². The quantitative estimate of drug-likeness (QED) is 0.712. The van der Waals surface area contributed by atoms with Gasteiger partial charge in [0.05, 0.1) is 13.7 Å². The lowest BCUT2D eigenvalue weighted by Gasteiger charge is -2.02. The first-order valence-electron chi connectivity index (χ1n) is 8.69. The van der Waals surface area contributed by atoms with Crippen LogP contribution in [-0.2, 0) is 11.3 Å². The molecule has 3 heterocycles. The number of rotatable bonds is 6. The Kier molecular flexibility index (Phi) is 4.88. The van der Waals surface area contributed by atoms with Crippen LogP contribution >= 0.6 is 0 Å². The van der Waals surface area contributed by atoms with Gasteiger partial charge in [0.25, 0.3) is 11.8 Å². The Morgan fingerprint density at radius 1 is 1.26 bits per heavy atom. The normalized spacial score (nSPS) is 16.4. The summed E-state index contributed by atoms with van der Waals surface area (Å²) in [6, 6.07) is 10.8. The smallest absolute Gasteiger partial charge is 0.287 e. The molecular formula is C19H19N3O5. The van der Waals surface area contributed by atoms with Crippen molar-refractivity contribution in [3.63, 3.8) is 0 Å². The summed E-state index contributed by atoms with van der Waals surface area (Å²) in [7, 11) is 1.61. The van der Waals surface area contributed by atoms with Crippen molar-refractivity contribution >= 4 is 5.91 Å². The molecule has 2 aromatic heterocycles. The summed E-state index contributed by atoms with van der Waals surface area (Å²) < 4.78 is 21.5. The first-order valence-corrected chi connectivity index (χ1v) is 8.69. The highest BCUT2D eigenvalue weighted by Crippen LogP contribution is 2.27. The number of methoxy groups -OCH3 is 1. The predicted molar refractivity (Wildman–Crippen MR) is 94.1 cm³/mol. The Morgan fingerprint density at radius 3 is 2.85 bits per heavy atom. The van der Waals surface area contributed by atoms with Gasteiger partial charge in [-0.05, 0) is 49.2 Å². The van der Waals surface area contributed by atoms with E-state index in [0.717, 1.165) is 24.2 Å². The molecule has 1 unspecified atom stereocenters. The lowest BCUT2D eigenvalue weighted by Crippen LogP contribution is -2.22. The zero-order valence-electron chi connectivity index (χ0n) is 14.8. The molecule has 0 saturated carbocycles. The van der Waals surface area contributed by atoms with Gasteiger partial charge >= 0.3 is 0 Å². The van der Waals surface area contributed by atoms with E-state index in [4.69, 9.17) is 18.4 Å². The number of amides is 1. The van der Waals surface area contributed by atoms with Crippen molar-refractivity contribution in [3.05, 3.63) is 53.9 Å². The molecule has 1 fully saturated rings. The van der Waals surface area contributed by atoms with Crippen molar-refractivity contribution in [2.24, 2.45) is 0 Å². The van der Waals surface area contributed by atoms with Gasteiger partial charge in [-0.1, -0.05) is 5.16 Å². The molecule has 0 aliphatic carbocycles. The average molecular weight is 369 g/mol. The topological polar surface area (TPSA) is 99.6 Å². The van der Waals surface area contributed by atoms with Crippen LogP contribution in [0.2, 0.25) is 0 Å². The van der Waals surface area contributed by atoms with Crippen molar-refractivity contribution in [1.29, 1.82) is 0 Å². The largest absolute Gasteiger partial charge is 0.497 e. The molecule has 1 atom stereocenters. The van der Waals surface area contributed by atoms with E-state index in [1.807, 2.05) is 24.3 Å². The summed E-state index contributed by atoms with van der Waals surface area (Å²) in [5, 5.41) is 6.60. The van der Waals surface area contributed by atoms with Gasteiger partial charge in [0.2, 0.25) is 0 Å². The van der Waals surface area contributed by atoms with Gasteiger partial charge in [0.1, 0.15) is 17.6 Å². The fourth-order valence-electron chi connectivity index (χ4n) is 2.86. The molecule has 1 aromatic carbocycles. The Hall–Kier alpha value is -3.13. The van der Waals surface area contributed by atoms with Crippen LogP contribution in [0.5, 0.6) is 5.75 Å². The maximum absolute atomic E-state index is 12.3. The second kappa shape index (κ2) is 7.63. The monoisotopic (exact) mass is 369 g/mol. The standard InChI is InChI=1S/C19H19N3O5/c1-24-13-6-4-12(5-7-13)14-8-9-15(26-14)18(23)20-11-17-21-19(27-22-17)16-3-2-10-25-16/h4-9,16H,2-3,10-11H2,1H3,(H,20,23). The van der Waals surface area contributed by atoms with E-state index in [0.29, 0.717) is 24.1 Å². The molecule has 1 aliphatic heterocycles. The molecule has 4 rings (SSSR count). The third-order valence-corrected chi connectivity index (χ3v) is 4.30. The van der Waals surface area contributed by atoms with E-state index in [2.05, 4.69) is 15.5 Å². The lowest BCUT2D eigenvalue weighted by molar-refractivity contribution is 0.0835. The van der Waals surface area contributed by atoms with Crippen molar-refractivity contribution < 1.29 is 23.2 Å². The number of aromatic nitrogens is 2. The molecule has 1 N–H and O–H groups in total. The van der Waals surface area contributed by atoms with Gasteiger partial charge in [0.15, 0.2) is 11.6 Å². The van der Waals surface area contributed by atoms with Crippen LogP contribution in [0.4, 0.5) is 0 Å². The first kappa shape index (κ1) is 17.3. The van der Waals surface area contributed by atoms with Crippen LogP contribution in [0.25, 0.3) is 11.3 Å². The maximum atomic E-state index is 12.3. The van der Waals surface area contributed by atoms with Gasteiger partial charge in [0, 0.05) is 12.2 Å². The zero-order valence-corrected chi connectivity index (χ0v) is 14.8. The summed E-state index contributed by atoms with van der Waals surface area (Å²) in [6.45, 7) is 0.849. The summed E-state index contributed by atoms with van der Waals surface area (Å²) in [6.07, 6.45) is 1.71. The summed E-state index contributed by atoms with van der Waals surface area (Å²) in [4.78, 5) is 16.6. The molecule has 0 bridgehead atoms. The number of furan rings is 1. The Morgan fingerprint density at radius 2 is 2.11 bits per heavy atom. The van der Waals surface area contributed by atoms with Gasteiger partial charge in [-0.25, -0.2) is 0 Å². The van der Waals surface area contributed by atoms with E-state index >= 15 is 0 Å². The van der Waals surface area contributed by atoms with Gasteiger partial charge < -0.3 is 23.7 Å². The van der Waals surface area contributed by atoms with E-state index < -0.39 is 0 Å². The van der Waals surface area contributed by atoms with Crippen LogP contribution in [0.3, 0.4) is 0 Å². The molecular weight excluding hydrogens is 350 g/mol. The van der Waals surface area contributed by atoms with Crippen molar-refractivity contribution in [1.82, 2.24) is 15.5 Å². The fraction of sp³-hybridized carbons (Fsp3) is 0.316. The number of nitrogens with one attached hydrogen (secondary N) is 1. The highest BCUT2D eigenvalue weighted by Gasteiger charge is 2.24. The highest BCUT2D eigenvalue weighted by atomic mass is 16.5. The Labute approximate surface area is 155 Å². The SMILES string of the molecule is COc1ccc(-c2ccc(C(=O)NCc3noc(C4CCCO4)n3)o2)cc1. The van der Waals surface area contributed by atoms with E-state index in [-0.39, 0.29) is 24.3 Å². The second-order valence-corrected chi connectivity index (χ2v) is 6.13. The third kappa shape index (κ3) is 3.85. The Bertz CT molecular complexity index is 910. The van der Waals surface area contributed by atoms with E-state index in [9.17, 15) is 4.79 Å². The fourth-order valence-corrected chi connectivity index (χ4v) is 2.86. The number of hydrogen-bond donors (Lipinski definition) is 1. The highest BCUT2D eigenvalue weighted by molar-refractivity contribution is 5.91. The Balaban J connectivity index is 1.36. The van der Waals surface area contributed by atoms with Crippen LogP contribution in [0.1, 0.15) is 41.2 Å². The van der Waals surface area contributed by atoms with Crippen molar-refractivity contribution in [2.45, 2.75) is 25.5 Å². The molecule has 8 heteroatoms. The van der Waals surface area contributed by atoms with Crippen LogP contribution in [0, 0.1) is 0 Å². The molecule has 0 spiro atoms. The van der Waals surface area contributed by atoms with Crippen LogP contribution in [-0.4, -0.2) is 29.8 Å². The van der Waals surface area contributed by atoms with Gasteiger partial charge in [-0.2, -0.15) is 4.98 Å². The molecule has 1 amide bonds. The molecule has 0 radical (unpaired) electrons. The molecule has 1 aliphatic rings. The lowest BCUT2D eigenvalue weighted by atomic mass is 10.2. The number of carbonyl (C=O) groups is 1. The maximum Gasteiger partial charge on any atom is 0.287 e. The molecule has 27 heavy (non-hydrogen) atoms. The number of nitrogens with zero attached hydrogens (tertiary/aromatic N) is 2. The number of hydrogen-bond acceptors (Lipinski definition) is 7. The first-order chi connectivity index (χ1) is 13.2. The minimum Gasteiger partial charge on any atom is -0.497 e. The molecule has 1 saturated heterocycles. The molecule has 8 nitrogen and oxygen atoms in total. The summed E-state index contributed by atoms with van der Waals surface area (Å²) in [5.74, 6) is 2.07. The van der Waals surface area contributed by atoms with Crippen LogP contribution in [0.15, 0.2) is 45.3 Å². The van der Waals surface area contributed by atoms with Crippen molar-refractivity contribution in [2.75, 3.05) is 13.7 Å². The molecule has 140 valence electrons. The number of carbonyl (C=O) groups excluding carboxylic acids is 1. The minimum absolute atomic E-state index is 0.140. The summed E-state index contributed by atoms with van der Waals surface area (Å²) >= 11 is 0. The summed E-state index contributed by atoms with van der Waals surface area (Å²) in [5.41, 5.74) is 0.856. The second-order valence-electron chi connectivity index (χ2n) is 6.13. The van der Waals surface area contributed by atoms with E-state index in [1.165, 1.54) is 0 Å². The third-order valence-electron chi connectivity index (χ3n) is 4.30. The minimum atomic E-state index is -0.349. The number of ether oxygens (including phenoxy) is 2. The van der Waals surface area contributed by atoms with E-state index in [1.54, 1.807) is 19.2 Å². The average Bonchev–Trinajstić information content (AvgIpc) is 3.47. The van der Waals surface area contributed by atoms with Gasteiger partial charge in [-0.15, -0.1) is 0 Å².